The van der Waals surface area contributed by atoms with Crippen molar-refractivity contribution < 1.29 is 9.90 Å². The van der Waals surface area contributed by atoms with Crippen LogP contribution in [0.5, 0.6) is 0 Å². The first-order chi connectivity index (χ1) is 7.49. The van der Waals surface area contributed by atoms with Crippen LogP contribution in [0.15, 0.2) is 12.4 Å². The molecule has 1 aliphatic rings. The molecule has 4 nitrogen and oxygen atoms in total. The predicted octanol–water partition coefficient (Wildman–Crippen LogP) is 1.64. The summed E-state index contributed by atoms with van der Waals surface area (Å²) in [5, 5.41) is 9.06. The van der Waals surface area contributed by atoms with E-state index < -0.39 is 5.97 Å². The van der Waals surface area contributed by atoms with Gasteiger partial charge in [0.1, 0.15) is 0 Å². The van der Waals surface area contributed by atoms with Crippen LogP contribution in [0.1, 0.15) is 34.3 Å². The van der Waals surface area contributed by atoms with Gasteiger partial charge in [-0.3, -0.25) is 9.88 Å². The Kier molecular flexibility index (Phi) is 2.46. The van der Waals surface area contributed by atoms with E-state index in [4.69, 9.17) is 5.11 Å². The molecular formula is C12H16N2O2. The molecule has 1 N–H and O–H groups in total. The molecule has 1 aromatic heterocycles. The van der Waals surface area contributed by atoms with Gasteiger partial charge in [0.2, 0.25) is 0 Å². The van der Waals surface area contributed by atoms with Gasteiger partial charge in [0.15, 0.2) is 0 Å². The van der Waals surface area contributed by atoms with Crippen LogP contribution in [0.2, 0.25) is 0 Å². The quantitative estimate of drug-likeness (QED) is 0.841. The highest BCUT2D eigenvalue weighted by molar-refractivity contribution is 5.89. The first kappa shape index (κ1) is 11.1. The molecule has 1 saturated carbocycles. The zero-order chi connectivity index (χ0) is 11.9. The van der Waals surface area contributed by atoms with Crippen molar-refractivity contribution in [2.24, 2.45) is 0 Å². The van der Waals surface area contributed by atoms with Crippen molar-refractivity contribution in [2.45, 2.75) is 25.3 Å². The van der Waals surface area contributed by atoms with Crippen molar-refractivity contribution in [2.75, 3.05) is 14.1 Å². The normalized spacial score (nSPS) is 17.5. The summed E-state index contributed by atoms with van der Waals surface area (Å²) >= 11 is 0. The topological polar surface area (TPSA) is 53.4 Å². The second kappa shape index (κ2) is 3.56. The van der Waals surface area contributed by atoms with Gasteiger partial charge in [-0.15, -0.1) is 0 Å². The van der Waals surface area contributed by atoms with Crippen LogP contribution >= 0.6 is 0 Å². The number of carboxylic acid groups (broad SMARTS) is 1. The van der Waals surface area contributed by atoms with Crippen LogP contribution in [0.25, 0.3) is 0 Å². The molecule has 16 heavy (non-hydrogen) atoms. The highest BCUT2D eigenvalue weighted by atomic mass is 16.4. The number of hydrogen-bond acceptors (Lipinski definition) is 3. The summed E-state index contributed by atoms with van der Waals surface area (Å²) in [5.41, 5.74) is 2.22. The maximum atomic E-state index is 11.0. The fraction of sp³-hybridized carbons (Fsp3) is 0.500. The number of hydrogen-bond donors (Lipinski definition) is 1. The van der Waals surface area contributed by atoms with Gasteiger partial charge in [-0.25, -0.2) is 4.79 Å². The molecule has 0 aromatic carbocycles. The number of pyridine rings is 1. The summed E-state index contributed by atoms with van der Waals surface area (Å²) in [6.45, 7) is 1.87. The maximum Gasteiger partial charge on any atom is 0.337 e. The second-order valence-electron chi connectivity index (χ2n) is 4.59. The lowest BCUT2D eigenvalue weighted by Gasteiger charge is -2.25. The molecule has 0 aliphatic heterocycles. The fourth-order valence-electron chi connectivity index (χ4n) is 2.29. The minimum atomic E-state index is -0.901. The van der Waals surface area contributed by atoms with Crippen molar-refractivity contribution in [3.8, 4) is 0 Å². The zero-order valence-electron chi connectivity index (χ0n) is 9.82. The van der Waals surface area contributed by atoms with E-state index in [0.717, 1.165) is 24.0 Å². The first-order valence-corrected chi connectivity index (χ1v) is 5.35. The van der Waals surface area contributed by atoms with Gasteiger partial charge in [-0.1, -0.05) is 0 Å². The van der Waals surface area contributed by atoms with Gasteiger partial charge in [0.05, 0.1) is 5.56 Å². The molecule has 1 aliphatic carbocycles. The Labute approximate surface area is 94.9 Å². The average molecular weight is 220 g/mol. The summed E-state index contributed by atoms with van der Waals surface area (Å²) in [6, 6.07) is 0. The fourth-order valence-corrected chi connectivity index (χ4v) is 2.29. The molecule has 0 saturated heterocycles. The number of nitrogens with zero attached hydrogens (tertiary/aromatic N) is 2. The zero-order valence-corrected chi connectivity index (χ0v) is 9.82. The number of carbonyl (C=O) groups is 1. The molecule has 86 valence electrons. The van der Waals surface area contributed by atoms with E-state index in [1.54, 1.807) is 6.20 Å². The first-order valence-electron chi connectivity index (χ1n) is 5.35. The molecule has 0 radical (unpaired) electrons. The lowest BCUT2D eigenvalue weighted by Crippen LogP contribution is -2.29. The minimum Gasteiger partial charge on any atom is -0.478 e. The Bertz CT molecular complexity index is 437. The van der Waals surface area contributed by atoms with Crippen molar-refractivity contribution in [3.63, 3.8) is 0 Å². The highest BCUT2D eigenvalue weighted by Gasteiger charge is 2.47. The summed E-state index contributed by atoms with van der Waals surface area (Å²) in [6.07, 6.45) is 5.37. The minimum absolute atomic E-state index is 0.0164. The van der Waals surface area contributed by atoms with Crippen LogP contribution in [-0.4, -0.2) is 35.1 Å². The highest BCUT2D eigenvalue weighted by Crippen LogP contribution is 2.50. The van der Waals surface area contributed by atoms with Crippen LogP contribution in [0, 0.1) is 6.92 Å². The average Bonchev–Trinajstić information content (AvgIpc) is 2.98. The Morgan fingerprint density at radius 1 is 1.44 bits per heavy atom. The van der Waals surface area contributed by atoms with E-state index in [1.165, 1.54) is 6.20 Å². The number of aromatic nitrogens is 1. The molecule has 4 heteroatoms. The molecule has 0 spiro atoms. The van der Waals surface area contributed by atoms with Crippen LogP contribution in [-0.2, 0) is 5.54 Å². The molecule has 1 aromatic rings. The monoisotopic (exact) mass is 220 g/mol. The summed E-state index contributed by atoms with van der Waals surface area (Å²) in [4.78, 5) is 17.2. The van der Waals surface area contributed by atoms with Gasteiger partial charge in [0, 0.05) is 17.9 Å². The molecule has 0 unspecified atom stereocenters. The molecule has 0 bridgehead atoms. The van der Waals surface area contributed by atoms with Gasteiger partial charge >= 0.3 is 5.97 Å². The van der Waals surface area contributed by atoms with Crippen molar-refractivity contribution in [1.82, 2.24) is 9.88 Å². The SMILES string of the molecule is Cc1c(C(=O)O)cncc1C1(N(C)C)CC1. The largest absolute Gasteiger partial charge is 0.478 e. The van der Waals surface area contributed by atoms with Crippen LogP contribution in [0.3, 0.4) is 0 Å². The van der Waals surface area contributed by atoms with Crippen LogP contribution < -0.4 is 0 Å². The molecular weight excluding hydrogens is 204 g/mol. The van der Waals surface area contributed by atoms with Crippen molar-refractivity contribution in [3.05, 3.63) is 29.1 Å². The van der Waals surface area contributed by atoms with E-state index >= 15 is 0 Å². The smallest absolute Gasteiger partial charge is 0.337 e. The van der Waals surface area contributed by atoms with Gasteiger partial charge in [0.25, 0.3) is 0 Å². The standard InChI is InChI=1S/C12H16N2O2/c1-8-9(11(15)16)6-13-7-10(8)12(4-5-12)14(2)3/h6-7H,4-5H2,1-3H3,(H,15,16). The molecule has 2 rings (SSSR count). The summed E-state index contributed by atoms with van der Waals surface area (Å²) in [7, 11) is 4.06. The van der Waals surface area contributed by atoms with Crippen LogP contribution in [0.4, 0.5) is 0 Å². The molecule has 0 atom stereocenters. The van der Waals surface area contributed by atoms with Gasteiger partial charge in [-0.05, 0) is 45.0 Å². The third kappa shape index (κ3) is 1.50. The van der Waals surface area contributed by atoms with E-state index in [2.05, 4.69) is 9.88 Å². The Morgan fingerprint density at radius 2 is 2.06 bits per heavy atom. The van der Waals surface area contributed by atoms with E-state index in [0.29, 0.717) is 5.56 Å². The lowest BCUT2D eigenvalue weighted by molar-refractivity contribution is 0.0695. The van der Waals surface area contributed by atoms with E-state index in [-0.39, 0.29) is 5.54 Å². The third-order valence-electron chi connectivity index (χ3n) is 3.53. The van der Waals surface area contributed by atoms with Crippen molar-refractivity contribution >= 4 is 5.97 Å². The third-order valence-corrected chi connectivity index (χ3v) is 3.53. The number of aromatic carboxylic acids is 1. The van der Waals surface area contributed by atoms with E-state index in [9.17, 15) is 4.79 Å². The summed E-state index contributed by atoms with van der Waals surface area (Å²) in [5.74, 6) is -0.901. The van der Waals surface area contributed by atoms with Gasteiger partial charge < -0.3 is 5.11 Å². The molecule has 1 fully saturated rings. The predicted molar refractivity (Wildman–Crippen MR) is 60.5 cm³/mol. The second-order valence-corrected chi connectivity index (χ2v) is 4.59. The Morgan fingerprint density at radius 3 is 2.50 bits per heavy atom. The molecule has 1 heterocycles. The number of carboxylic acids is 1. The summed E-state index contributed by atoms with van der Waals surface area (Å²) < 4.78 is 0. The maximum absolute atomic E-state index is 11.0. The lowest BCUT2D eigenvalue weighted by atomic mass is 9.97. The number of rotatable bonds is 3. The van der Waals surface area contributed by atoms with Gasteiger partial charge in [-0.2, -0.15) is 0 Å². The van der Waals surface area contributed by atoms with E-state index in [1.807, 2.05) is 21.0 Å². The Hall–Kier alpha value is -1.42. The molecule has 0 amide bonds. The Balaban J connectivity index is 2.51. The van der Waals surface area contributed by atoms with Crippen molar-refractivity contribution in [1.29, 1.82) is 0 Å².